The van der Waals surface area contributed by atoms with Crippen molar-refractivity contribution in [3.8, 4) is 0 Å². The number of halogens is 1. The van der Waals surface area contributed by atoms with Gasteiger partial charge in [-0.2, -0.15) is 0 Å². The topological polar surface area (TPSA) is 35.5 Å². The van der Waals surface area contributed by atoms with Gasteiger partial charge >= 0.3 is 7.60 Å². The molecule has 0 fully saturated rings. The first-order valence-electron chi connectivity index (χ1n) is 3.73. The van der Waals surface area contributed by atoms with Crippen molar-refractivity contribution in [3.63, 3.8) is 0 Å². The minimum absolute atomic E-state index is 0.329. The minimum Gasteiger partial charge on any atom is -0.309 e. The molecule has 0 amide bonds. The summed E-state index contributed by atoms with van der Waals surface area (Å²) in [4.78, 5) is 0.816. The summed E-state index contributed by atoms with van der Waals surface area (Å²) in [6, 6.07) is 0. The van der Waals surface area contributed by atoms with Crippen molar-refractivity contribution in [2.24, 2.45) is 0 Å². The zero-order valence-corrected chi connectivity index (χ0v) is 10.4. The third kappa shape index (κ3) is 5.08. The van der Waals surface area contributed by atoms with Crippen molar-refractivity contribution in [2.45, 2.75) is 6.92 Å². The minimum atomic E-state index is -3.05. The van der Waals surface area contributed by atoms with Gasteiger partial charge in [0.1, 0.15) is 0 Å². The van der Waals surface area contributed by atoms with Crippen molar-refractivity contribution in [3.05, 3.63) is 10.7 Å². The van der Waals surface area contributed by atoms with E-state index >= 15 is 0 Å². The lowest BCUT2D eigenvalue weighted by atomic mass is 10.7. The molecular formula is C7H14ClO3PS. The molecule has 0 heterocycles. The Kier molecular flexibility index (Phi) is 7.19. The van der Waals surface area contributed by atoms with E-state index in [1.54, 1.807) is 0 Å². The lowest BCUT2D eigenvalue weighted by Gasteiger charge is -2.10. The Bertz CT molecular complexity index is 212. The molecule has 0 radical (unpaired) electrons. The molecule has 0 saturated heterocycles. The molecule has 0 rings (SSSR count). The highest BCUT2D eigenvalue weighted by atomic mass is 35.5. The number of allylic oxidation sites excluding steroid dienone is 1. The summed E-state index contributed by atoms with van der Waals surface area (Å²) in [7, 11) is -0.350. The molecule has 0 unspecified atom stereocenters. The van der Waals surface area contributed by atoms with Crippen LogP contribution in [0.3, 0.4) is 0 Å². The van der Waals surface area contributed by atoms with Gasteiger partial charge in [-0.1, -0.05) is 6.92 Å². The van der Waals surface area contributed by atoms with Gasteiger partial charge in [-0.05, 0) is 5.75 Å². The molecule has 13 heavy (non-hydrogen) atoms. The Morgan fingerprint density at radius 2 is 2.08 bits per heavy atom. The van der Waals surface area contributed by atoms with E-state index in [1.807, 2.05) is 6.92 Å². The molecule has 0 atom stereocenters. The van der Waals surface area contributed by atoms with Crippen molar-refractivity contribution in [2.75, 3.05) is 25.9 Å². The predicted octanol–water partition coefficient (Wildman–Crippen LogP) is 3.31. The van der Waals surface area contributed by atoms with E-state index in [0.717, 1.165) is 10.7 Å². The van der Waals surface area contributed by atoms with Gasteiger partial charge in [-0.15, -0.1) is 23.4 Å². The standard InChI is InChI=1S/C7H14ClO3PS/c1-4-13-7(5-8)6-12(9,10-2)11-3/h6H,4-5H2,1-3H3. The average Bonchev–Trinajstić information content (AvgIpc) is 2.17. The molecule has 0 saturated carbocycles. The lowest BCUT2D eigenvalue weighted by Crippen LogP contribution is -1.87. The van der Waals surface area contributed by atoms with Crippen molar-refractivity contribution in [1.29, 1.82) is 0 Å². The smallest absolute Gasteiger partial charge is 0.309 e. The van der Waals surface area contributed by atoms with Crippen LogP contribution in [0.1, 0.15) is 6.92 Å². The monoisotopic (exact) mass is 244 g/mol. The molecule has 0 aliphatic rings. The van der Waals surface area contributed by atoms with Crippen LogP contribution in [-0.2, 0) is 13.6 Å². The van der Waals surface area contributed by atoms with Crippen molar-refractivity contribution >= 4 is 31.0 Å². The van der Waals surface area contributed by atoms with Gasteiger partial charge in [0, 0.05) is 24.9 Å². The maximum atomic E-state index is 11.6. The fourth-order valence-corrected chi connectivity index (χ4v) is 3.01. The first-order valence-corrected chi connectivity index (χ1v) is 6.86. The number of hydrogen-bond donors (Lipinski definition) is 0. The maximum absolute atomic E-state index is 11.6. The van der Waals surface area contributed by atoms with Crippen LogP contribution in [0, 0.1) is 0 Å². The number of hydrogen-bond acceptors (Lipinski definition) is 4. The molecule has 78 valence electrons. The van der Waals surface area contributed by atoms with E-state index in [9.17, 15) is 4.57 Å². The van der Waals surface area contributed by atoms with Crippen LogP contribution in [0.15, 0.2) is 10.7 Å². The number of rotatable bonds is 6. The van der Waals surface area contributed by atoms with Crippen LogP contribution in [0.4, 0.5) is 0 Å². The summed E-state index contributed by atoms with van der Waals surface area (Å²) in [6.45, 7) is 2.00. The average molecular weight is 245 g/mol. The second-order valence-electron chi connectivity index (χ2n) is 2.07. The van der Waals surface area contributed by atoms with E-state index in [2.05, 4.69) is 0 Å². The van der Waals surface area contributed by atoms with Crippen LogP contribution >= 0.6 is 31.0 Å². The largest absolute Gasteiger partial charge is 0.354 e. The van der Waals surface area contributed by atoms with Gasteiger partial charge in [0.25, 0.3) is 0 Å². The first-order chi connectivity index (χ1) is 6.11. The highest BCUT2D eigenvalue weighted by molar-refractivity contribution is 8.03. The van der Waals surface area contributed by atoms with E-state index in [0.29, 0.717) is 5.88 Å². The molecule has 0 aromatic heterocycles. The number of alkyl halides is 1. The van der Waals surface area contributed by atoms with E-state index in [1.165, 1.54) is 31.8 Å². The SMILES string of the molecule is CCSC(=CP(=O)(OC)OC)CCl. The molecule has 6 heteroatoms. The van der Waals surface area contributed by atoms with Gasteiger partial charge in [0.05, 0.1) is 5.88 Å². The molecule has 3 nitrogen and oxygen atoms in total. The quantitative estimate of drug-likeness (QED) is 0.531. The van der Waals surface area contributed by atoms with Crippen molar-refractivity contribution in [1.82, 2.24) is 0 Å². The van der Waals surface area contributed by atoms with Crippen LogP contribution in [0.5, 0.6) is 0 Å². The van der Waals surface area contributed by atoms with Crippen LogP contribution in [0.25, 0.3) is 0 Å². The molecule has 0 aliphatic heterocycles. The first kappa shape index (κ1) is 13.5. The zero-order valence-electron chi connectivity index (χ0n) is 7.95. The van der Waals surface area contributed by atoms with Gasteiger partial charge in [-0.3, -0.25) is 4.57 Å². The normalized spacial score (nSPS) is 13.4. The molecule has 0 aromatic rings. The van der Waals surface area contributed by atoms with Crippen molar-refractivity contribution < 1.29 is 13.6 Å². The van der Waals surface area contributed by atoms with E-state index in [4.69, 9.17) is 20.6 Å². The Labute approximate surface area is 88.4 Å². The molecular weight excluding hydrogens is 231 g/mol. The molecule has 0 bridgehead atoms. The second-order valence-corrected chi connectivity index (χ2v) is 5.79. The summed E-state index contributed by atoms with van der Waals surface area (Å²) < 4.78 is 21.1. The fourth-order valence-electron chi connectivity index (χ4n) is 0.652. The third-order valence-electron chi connectivity index (χ3n) is 1.27. The van der Waals surface area contributed by atoms with Crippen LogP contribution in [0.2, 0.25) is 0 Å². The van der Waals surface area contributed by atoms with Gasteiger partial charge < -0.3 is 9.05 Å². The Morgan fingerprint density at radius 1 is 1.54 bits per heavy atom. The highest BCUT2D eigenvalue weighted by Gasteiger charge is 2.18. The summed E-state index contributed by atoms with van der Waals surface area (Å²) in [5.74, 6) is 2.68. The zero-order chi connectivity index (χ0) is 10.3. The van der Waals surface area contributed by atoms with Gasteiger partial charge in [-0.25, -0.2) is 0 Å². The Hall–Kier alpha value is 0.530. The third-order valence-corrected chi connectivity index (χ3v) is 4.46. The summed E-state index contributed by atoms with van der Waals surface area (Å²) in [5, 5.41) is 0. The summed E-state index contributed by atoms with van der Waals surface area (Å²) >= 11 is 7.18. The molecule has 0 spiro atoms. The number of thioether (sulfide) groups is 1. The van der Waals surface area contributed by atoms with Gasteiger partial charge in [0.15, 0.2) is 0 Å². The maximum Gasteiger partial charge on any atom is 0.354 e. The molecule has 0 aromatic carbocycles. The van der Waals surface area contributed by atoms with Gasteiger partial charge in [0.2, 0.25) is 0 Å². The van der Waals surface area contributed by atoms with E-state index in [-0.39, 0.29) is 0 Å². The summed E-state index contributed by atoms with van der Waals surface area (Å²) in [6.07, 6.45) is 0. The van der Waals surface area contributed by atoms with Crippen LogP contribution < -0.4 is 0 Å². The predicted molar refractivity (Wildman–Crippen MR) is 58.6 cm³/mol. The van der Waals surface area contributed by atoms with Crippen LogP contribution in [-0.4, -0.2) is 25.9 Å². The highest BCUT2D eigenvalue weighted by Crippen LogP contribution is 2.50. The fraction of sp³-hybridized carbons (Fsp3) is 0.714. The van der Waals surface area contributed by atoms with E-state index < -0.39 is 7.60 Å². The second kappa shape index (κ2) is 6.91. The lowest BCUT2D eigenvalue weighted by molar-refractivity contribution is 0.286. The Balaban J connectivity index is 4.54. The Morgan fingerprint density at radius 3 is 2.38 bits per heavy atom. The summed E-state index contributed by atoms with van der Waals surface area (Å²) in [5.41, 5.74) is 0. The molecule has 0 aliphatic carbocycles. The molecule has 0 N–H and O–H groups in total.